The van der Waals surface area contributed by atoms with Crippen LogP contribution in [-0.2, 0) is 8.85 Å². The summed E-state index contributed by atoms with van der Waals surface area (Å²) in [5.41, 5.74) is 0.646. The molecule has 0 saturated carbocycles. The van der Waals surface area contributed by atoms with E-state index in [-0.39, 0.29) is 0 Å². The maximum atomic E-state index is 5.99. The van der Waals surface area contributed by atoms with Gasteiger partial charge in [-0.15, -0.1) is 0 Å². The molecular weight excluding hydrogens is 242 g/mol. The van der Waals surface area contributed by atoms with E-state index in [2.05, 4.69) is 33.0 Å². The van der Waals surface area contributed by atoms with Gasteiger partial charge in [-0.05, 0) is 38.8 Å². The van der Waals surface area contributed by atoms with E-state index in [1.807, 2.05) is 0 Å². The molecule has 0 aliphatic rings. The normalized spacial score (nSPS) is 13.2. The molecule has 1 unspecified atom stereocenters. The first-order valence-electron chi connectivity index (χ1n) is 7.73. The molecule has 0 bridgehead atoms. The molecule has 3 nitrogen and oxygen atoms in total. The molecule has 0 aromatic rings. The van der Waals surface area contributed by atoms with Crippen LogP contribution in [0.3, 0.4) is 0 Å². The SMILES string of the molecule is CCCNCCC(CC)[SiH](OCCC)OCCC. The van der Waals surface area contributed by atoms with Gasteiger partial charge in [0.15, 0.2) is 0 Å². The van der Waals surface area contributed by atoms with Crippen molar-refractivity contribution in [2.24, 2.45) is 0 Å². The predicted octanol–water partition coefficient (Wildman–Crippen LogP) is 3.23. The molecule has 0 heterocycles. The van der Waals surface area contributed by atoms with E-state index in [0.29, 0.717) is 5.54 Å². The van der Waals surface area contributed by atoms with Crippen molar-refractivity contribution in [2.45, 2.75) is 65.3 Å². The Morgan fingerprint density at radius 2 is 1.50 bits per heavy atom. The van der Waals surface area contributed by atoms with Crippen LogP contribution >= 0.6 is 0 Å². The minimum atomic E-state index is -1.48. The van der Waals surface area contributed by atoms with Crippen LogP contribution < -0.4 is 5.32 Å². The standard InChI is InChI=1S/C14H33NO2Si/c1-5-10-15-11-9-14(8-4)18(16-12-6-2)17-13-7-3/h14-15,18H,5-13H2,1-4H3. The van der Waals surface area contributed by atoms with E-state index in [0.717, 1.165) is 39.1 Å². The van der Waals surface area contributed by atoms with Crippen molar-refractivity contribution in [1.29, 1.82) is 0 Å². The minimum absolute atomic E-state index is 0.646. The first-order valence-corrected chi connectivity index (χ1v) is 9.34. The van der Waals surface area contributed by atoms with Gasteiger partial charge < -0.3 is 14.2 Å². The van der Waals surface area contributed by atoms with Crippen LogP contribution in [0.4, 0.5) is 0 Å². The van der Waals surface area contributed by atoms with E-state index in [9.17, 15) is 0 Å². The topological polar surface area (TPSA) is 30.5 Å². The molecule has 0 aliphatic heterocycles. The molecule has 0 rings (SSSR count). The maximum absolute atomic E-state index is 5.99. The summed E-state index contributed by atoms with van der Waals surface area (Å²) in [6.07, 6.45) is 5.75. The summed E-state index contributed by atoms with van der Waals surface area (Å²) in [6, 6.07) is 0. The Kier molecular flexibility index (Phi) is 13.6. The van der Waals surface area contributed by atoms with Gasteiger partial charge in [-0.3, -0.25) is 0 Å². The van der Waals surface area contributed by atoms with E-state index in [4.69, 9.17) is 8.85 Å². The van der Waals surface area contributed by atoms with Crippen LogP contribution in [0, 0.1) is 0 Å². The number of rotatable bonds is 13. The lowest BCUT2D eigenvalue weighted by atomic mass is 10.2. The second kappa shape index (κ2) is 13.5. The molecule has 0 aromatic heterocycles. The van der Waals surface area contributed by atoms with Crippen molar-refractivity contribution in [1.82, 2.24) is 5.32 Å². The molecule has 18 heavy (non-hydrogen) atoms. The van der Waals surface area contributed by atoms with E-state index in [1.165, 1.54) is 19.3 Å². The molecule has 0 fully saturated rings. The third-order valence-electron chi connectivity index (χ3n) is 3.00. The summed E-state index contributed by atoms with van der Waals surface area (Å²) in [4.78, 5) is 0. The Morgan fingerprint density at radius 1 is 0.889 bits per heavy atom. The van der Waals surface area contributed by atoms with Gasteiger partial charge in [0.25, 0.3) is 0 Å². The van der Waals surface area contributed by atoms with Gasteiger partial charge in [0.05, 0.1) is 0 Å². The quantitative estimate of drug-likeness (QED) is 0.413. The zero-order valence-corrected chi connectivity index (χ0v) is 14.0. The van der Waals surface area contributed by atoms with Crippen LogP contribution in [-0.4, -0.2) is 35.6 Å². The Morgan fingerprint density at radius 3 is 1.94 bits per heavy atom. The lowest BCUT2D eigenvalue weighted by molar-refractivity contribution is 0.185. The van der Waals surface area contributed by atoms with Gasteiger partial charge in [-0.1, -0.05) is 34.1 Å². The number of nitrogens with one attached hydrogen (secondary N) is 1. The van der Waals surface area contributed by atoms with Crippen LogP contribution in [0.2, 0.25) is 5.54 Å². The van der Waals surface area contributed by atoms with Gasteiger partial charge in [0.2, 0.25) is 0 Å². The van der Waals surface area contributed by atoms with Crippen molar-refractivity contribution in [3.63, 3.8) is 0 Å². The van der Waals surface area contributed by atoms with Crippen molar-refractivity contribution in [3.8, 4) is 0 Å². The zero-order chi connectivity index (χ0) is 13.6. The lowest BCUT2D eigenvalue weighted by Gasteiger charge is -2.24. The number of hydrogen-bond donors (Lipinski definition) is 1. The molecule has 1 N–H and O–H groups in total. The Balaban J connectivity index is 4.03. The highest BCUT2D eigenvalue weighted by atomic mass is 28.3. The summed E-state index contributed by atoms with van der Waals surface area (Å²) in [5.74, 6) is 0. The predicted molar refractivity (Wildman–Crippen MR) is 81.5 cm³/mol. The van der Waals surface area contributed by atoms with Gasteiger partial charge in [0.1, 0.15) is 0 Å². The lowest BCUT2D eigenvalue weighted by Crippen LogP contribution is -2.32. The first-order chi connectivity index (χ1) is 8.79. The van der Waals surface area contributed by atoms with Crippen molar-refractivity contribution >= 4 is 9.28 Å². The summed E-state index contributed by atoms with van der Waals surface area (Å²) in [5, 5.41) is 3.48. The fourth-order valence-electron chi connectivity index (χ4n) is 1.91. The molecule has 4 heteroatoms. The molecule has 0 spiro atoms. The molecule has 0 radical (unpaired) electrons. The van der Waals surface area contributed by atoms with Crippen molar-refractivity contribution in [3.05, 3.63) is 0 Å². The molecule has 1 atom stereocenters. The van der Waals surface area contributed by atoms with E-state index >= 15 is 0 Å². The van der Waals surface area contributed by atoms with Crippen molar-refractivity contribution < 1.29 is 8.85 Å². The summed E-state index contributed by atoms with van der Waals surface area (Å²) in [7, 11) is -1.48. The number of hydrogen-bond acceptors (Lipinski definition) is 3. The highest BCUT2D eigenvalue weighted by Crippen LogP contribution is 2.21. The van der Waals surface area contributed by atoms with Crippen LogP contribution in [0.1, 0.15) is 59.8 Å². The third-order valence-corrected chi connectivity index (χ3v) is 5.70. The summed E-state index contributed by atoms with van der Waals surface area (Å²) >= 11 is 0. The molecule has 0 aliphatic carbocycles. The first kappa shape index (κ1) is 18.1. The third kappa shape index (κ3) is 9.08. The molecule has 110 valence electrons. The second-order valence-corrected chi connectivity index (χ2v) is 7.16. The van der Waals surface area contributed by atoms with Gasteiger partial charge in [0, 0.05) is 18.8 Å². The maximum Gasteiger partial charge on any atom is 0.324 e. The monoisotopic (exact) mass is 275 g/mol. The van der Waals surface area contributed by atoms with Crippen molar-refractivity contribution in [2.75, 3.05) is 26.3 Å². The molecule has 0 aromatic carbocycles. The summed E-state index contributed by atoms with van der Waals surface area (Å²) < 4.78 is 12.0. The molecule has 0 amide bonds. The fourth-order valence-corrected chi connectivity index (χ4v) is 4.31. The van der Waals surface area contributed by atoms with Gasteiger partial charge >= 0.3 is 9.28 Å². The largest absolute Gasteiger partial charge is 0.396 e. The van der Waals surface area contributed by atoms with Gasteiger partial charge in [-0.25, -0.2) is 0 Å². The smallest absolute Gasteiger partial charge is 0.324 e. The Labute approximate surface area is 115 Å². The van der Waals surface area contributed by atoms with Gasteiger partial charge in [-0.2, -0.15) is 0 Å². The Bertz CT molecular complexity index is 162. The summed E-state index contributed by atoms with van der Waals surface area (Å²) in [6.45, 7) is 12.7. The fraction of sp³-hybridized carbons (Fsp3) is 1.00. The molecule has 0 saturated heterocycles. The van der Waals surface area contributed by atoms with Crippen LogP contribution in [0.5, 0.6) is 0 Å². The van der Waals surface area contributed by atoms with Crippen LogP contribution in [0.15, 0.2) is 0 Å². The molecular formula is C14H33NO2Si. The minimum Gasteiger partial charge on any atom is -0.396 e. The second-order valence-electron chi connectivity index (χ2n) is 4.82. The van der Waals surface area contributed by atoms with E-state index in [1.54, 1.807) is 0 Å². The Hall–Kier alpha value is 0.0969. The van der Waals surface area contributed by atoms with Crippen LogP contribution in [0.25, 0.3) is 0 Å². The average molecular weight is 276 g/mol. The zero-order valence-electron chi connectivity index (χ0n) is 12.8. The highest BCUT2D eigenvalue weighted by Gasteiger charge is 2.24. The average Bonchev–Trinajstić information content (AvgIpc) is 2.40. The van der Waals surface area contributed by atoms with E-state index < -0.39 is 9.28 Å². The highest BCUT2D eigenvalue weighted by molar-refractivity contribution is 6.46.